The van der Waals surface area contributed by atoms with E-state index in [-0.39, 0.29) is 18.2 Å². The van der Waals surface area contributed by atoms with Gasteiger partial charge in [-0.2, -0.15) is 10.2 Å². The molecule has 8 aromatic rings. The highest BCUT2D eigenvalue weighted by atomic mass is 79.9. The van der Waals surface area contributed by atoms with E-state index in [1.165, 1.54) is 16.5 Å². The Kier molecular flexibility index (Phi) is 12.6. The van der Waals surface area contributed by atoms with Gasteiger partial charge in [0.25, 0.3) is 0 Å². The monoisotopic (exact) mass is 947 g/mol. The summed E-state index contributed by atoms with van der Waals surface area (Å²) in [4.78, 5) is 28.5. The lowest BCUT2D eigenvalue weighted by atomic mass is 9.96. The van der Waals surface area contributed by atoms with Crippen molar-refractivity contribution in [2.75, 3.05) is 36.0 Å². The second-order valence-corrected chi connectivity index (χ2v) is 19.5. The van der Waals surface area contributed by atoms with Crippen molar-refractivity contribution in [1.29, 1.82) is 0 Å². The summed E-state index contributed by atoms with van der Waals surface area (Å²) < 4.78 is 10.1. The molecule has 10 rings (SSSR count). The minimum Gasteiger partial charge on any atom is -0.444 e. The summed E-state index contributed by atoms with van der Waals surface area (Å²) in [5, 5.41) is 14.8. The van der Waals surface area contributed by atoms with Gasteiger partial charge >= 0.3 is 6.09 Å². The van der Waals surface area contributed by atoms with E-state index in [4.69, 9.17) is 15.5 Å². The van der Waals surface area contributed by atoms with Crippen LogP contribution in [0.3, 0.4) is 0 Å². The maximum atomic E-state index is 12.5. The summed E-state index contributed by atoms with van der Waals surface area (Å²) in [6.07, 6.45) is 11.3. The predicted octanol–water partition coefficient (Wildman–Crippen LogP) is 9.85. The van der Waals surface area contributed by atoms with E-state index >= 15 is 0 Å². The quantitative estimate of drug-likeness (QED) is 0.166. The lowest BCUT2D eigenvalue weighted by Gasteiger charge is -2.45. The molecule has 0 bridgehead atoms. The average Bonchev–Trinajstić information content (AvgIpc) is 3.90. The van der Waals surface area contributed by atoms with Crippen LogP contribution < -0.4 is 20.9 Å². The second kappa shape index (κ2) is 18.5. The first-order chi connectivity index (χ1) is 31.8. The first-order valence-corrected chi connectivity index (χ1v) is 23.5. The number of nitrogens with two attached hydrogens (primary N) is 1. The number of halogens is 1. The van der Waals surface area contributed by atoms with Crippen molar-refractivity contribution in [2.24, 2.45) is 5.73 Å². The van der Waals surface area contributed by atoms with Crippen LogP contribution in [0.25, 0.3) is 55.4 Å². The Morgan fingerprint density at radius 3 is 1.77 bits per heavy atom. The van der Waals surface area contributed by atoms with E-state index in [1.54, 1.807) is 10.7 Å². The molecule has 2 fully saturated rings. The normalized spacial score (nSPS) is 19.0. The van der Waals surface area contributed by atoms with Crippen LogP contribution >= 0.6 is 15.9 Å². The van der Waals surface area contributed by atoms with Crippen LogP contribution in [0.1, 0.15) is 54.0 Å². The third kappa shape index (κ3) is 9.09. The molecule has 340 valence electrons. The molecular formula is C52H58BrN11O2. The third-order valence-corrected chi connectivity index (χ3v) is 13.2. The molecule has 0 saturated carbocycles. The molecular weight excluding hydrogens is 891 g/mol. The maximum absolute atomic E-state index is 12.5. The number of amides is 1. The molecule has 13 nitrogen and oxygen atoms in total. The number of rotatable bonds is 6. The summed E-state index contributed by atoms with van der Waals surface area (Å²) in [6.45, 7) is 18.3. The number of benzene rings is 4. The first kappa shape index (κ1) is 44.8. The van der Waals surface area contributed by atoms with Crippen molar-refractivity contribution < 1.29 is 9.53 Å². The Hall–Kier alpha value is -6.35. The lowest BCUT2D eigenvalue weighted by molar-refractivity contribution is 0.0193. The molecule has 6 heterocycles. The smallest absolute Gasteiger partial charge is 0.410 e. The minimum absolute atomic E-state index is 0.182. The fraction of sp³-hybridized carbons (Fsp3) is 0.327. The molecule has 0 radical (unpaired) electrons. The molecule has 3 N–H and O–H groups in total. The van der Waals surface area contributed by atoms with E-state index < -0.39 is 5.60 Å². The molecule has 0 spiro atoms. The molecule has 4 aromatic heterocycles. The number of nitrogens with zero attached hydrogens (tertiary/aromatic N) is 9. The van der Waals surface area contributed by atoms with Gasteiger partial charge in [0.05, 0.1) is 16.9 Å². The van der Waals surface area contributed by atoms with Gasteiger partial charge in [0.1, 0.15) is 5.60 Å². The van der Waals surface area contributed by atoms with Crippen LogP contribution in [0.4, 0.5) is 16.2 Å². The van der Waals surface area contributed by atoms with Gasteiger partial charge in [-0.3, -0.25) is 0 Å². The van der Waals surface area contributed by atoms with E-state index in [0.29, 0.717) is 31.7 Å². The second-order valence-electron chi connectivity index (χ2n) is 18.6. The largest absolute Gasteiger partial charge is 0.444 e. The molecule has 2 aliphatic rings. The van der Waals surface area contributed by atoms with Crippen molar-refractivity contribution in [1.82, 2.24) is 39.4 Å². The average molecular weight is 949 g/mol. The van der Waals surface area contributed by atoms with Gasteiger partial charge in [-0.25, -0.2) is 23.8 Å². The number of hydrogen-bond acceptors (Lipinski definition) is 10. The summed E-state index contributed by atoms with van der Waals surface area (Å²) in [5.74, 6) is 0. The zero-order chi connectivity index (χ0) is 46.3. The number of aromatic nitrogens is 6. The van der Waals surface area contributed by atoms with Crippen molar-refractivity contribution >= 4 is 55.5 Å². The van der Waals surface area contributed by atoms with Crippen LogP contribution in [0.5, 0.6) is 0 Å². The number of piperazine rings is 2. The Bertz CT molecular complexity index is 2980. The zero-order valence-corrected chi connectivity index (χ0v) is 40.3. The van der Waals surface area contributed by atoms with E-state index in [9.17, 15) is 4.79 Å². The summed E-state index contributed by atoms with van der Waals surface area (Å²) in [7, 11) is 0. The van der Waals surface area contributed by atoms with Crippen LogP contribution in [0.2, 0.25) is 0 Å². The van der Waals surface area contributed by atoms with E-state index in [1.807, 2.05) is 55.0 Å². The highest BCUT2D eigenvalue weighted by molar-refractivity contribution is 9.10. The van der Waals surface area contributed by atoms with Crippen molar-refractivity contribution in [3.63, 3.8) is 0 Å². The number of carbonyl (C=O) groups is 1. The van der Waals surface area contributed by atoms with E-state index in [2.05, 4.69) is 165 Å². The van der Waals surface area contributed by atoms with Gasteiger partial charge < -0.3 is 30.5 Å². The zero-order valence-electron chi connectivity index (χ0n) is 38.7. The fourth-order valence-corrected chi connectivity index (χ4v) is 9.96. The lowest BCUT2D eigenvalue weighted by Crippen LogP contribution is -2.58. The molecule has 4 aromatic carbocycles. The Morgan fingerprint density at radius 2 is 1.20 bits per heavy atom. The highest BCUT2D eigenvalue weighted by Gasteiger charge is 2.34. The van der Waals surface area contributed by atoms with Gasteiger partial charge in [0.2, 0.25) is 0 Å². The molecule has 4 atom stereocenters. The number of hydrogen-bond donors (Lipinski definition) is 2. The predicted molar refractivity (Wildman–Crippen MR) is 269 cm³/mol. The Labute approximate surface area is 394 Å². The van der Waals surface area contributed by atoms with Crippen molar-refractivity contribution in [3.05, 3.63) is 132 Å². The molecule has 2 saturated heterocycles. The molecule has 14 heteroatoms. The number of anilines is 2. The van der Waals surface area contributed by atoms with Crippen molar-refractivity contribution in [3.8, 4) is 33.4 Å². The highest BCUT2D eigenvalue weighted by Crippen LogP contribution is 2.34. The summed E-state index contributed by atoms with van der Waals surface area (Å²) >= 11 is 3.46. The molecule has 2 aliphatic heterocycles. The summed E-state index contributed by atoms with van der Waals surface area (Å²) in [6, 6.07) is 31.2. The van der Waals surface area contributed by atoms with Crippen LogP contribution in [0, 0.1) is 0 Å². The van der Waals surface area contributed by atoms with Gasteiger partial charge in [-0.15, -0.1) is 0 Å². The molecule has 0 aliphatic carbocycles. The van der Waals surface area contributed by atoms with E-state index in [0.717, 1.165) is 73.5 Å². The van der Waals surface area contributed by atoms with Crippen LogP contribution in [0.15, 0.2) is 127 Å². The Morgan fingerprint density at radius 1 is 0.667 bits per heavy atom. The van der Waals surface area contributed by atoms with Gasteiger partial charge in [0.15, 0.2) is 11.3 Å². The third-order valence-electron chi connectivity index (χ3n) is 12.6. The molecule has 1 amide bonds. The van der Waals surface area contributed by atoms with Gasteiger partial charge in [-0.1, -0.05) is 60.7 Å². The molecule has 66 heavy (non-hydrogen) atoms. The molecule has 0 unspecified atom stereocenters. The first-order valence-electron chi connectivity index (χ1n) is 22.8. The number of fused-ring (bicyclic) bond motifs is 3. The Balaban J connectivity index is 0.000000167. The standard InChI is InChI=1S/C29H30N6.C23H28BrN5O2/c1-19-14-31-15-20(2)35(19)24-10-7-21(8-11-24)23-16-32-29-28(17-33-34(29)18-23)27-12-9-22(13-30)25-5-3-4-6-26(25)27;1-15-12-27(22(30)31-23(3,4)5)13-16(2)29(15)19-8-6-17(7-9-19)18-10-25-21-20(24)11-26-28(21)14-18/h3-12,16-20,31H,13-15,30H2,1-2H3;6-11,14-16H,12-13H2,1-5H3/t19-,20+;15-,16+. The van der Waals surface area contributed by atoms with Gasteiger partial charge in [-0.05, 0) is 122 Å². The SMILES string of the molecule is C[C@@H]1CN(C(=O)OC(C)(C)C)C[C@H](C)N1c1ccc(-c2cnc3c(Br)cnn3c2)cc1.C[C@@H]1CNC[C@H](C)N1c1ccc(-c2cnc3c(-c4ccc(CN)c5ccccc45)cnn3c2)cc1. The maximum Gasteiger partial charge on any atom is 0.410 e. The number of carbonyl (C=O) groups excluding carboxylic acids is 1. The van der Waals surface area contributed by atoms with Crippen molar-refractivity contribution in [2.45, 2.75) is 84.8 Å². The van der Waals surface area contributed by atoms with Gasteiger partial charge in [0, 0.05) is 110 Å². The number of ether oxygens (including phenoxy) is 1. The van der Waals surface area contributed by atoms with Crippen LogP contribution in [-0.4, -0.2) is 96.1 Å². The minimum atomic E-state index is -0.485. The van der Waals surface area contributed by atoms with Crippen LogP contribution in [-0.2, 0) is 11.3 Å². The fourth-order valence-electron chi connectivity index (χ4n) is 9.58. The number of nitrogens with one attached hydrogen (secondary N) is 1. The summed E-state index contributed by atoms with van der Waals surface area (Å²) in [5.41, 5.74) is 17.1. The topological polar surface area (TPSA) is 134 Å².